The molecular weight excluding hydrogens is 400 g/mol. The van der Waals surface area contributed by atoms with Gasteiger partial charge in [-0.05, 0) is 67.4 Å². The predicted octanol–water partition coefficient (Wildman–Crippen LogP) is 6.13. The highest BCUT2D eigenvalue weighted by Gasteiger charge is 2.25. The molecule has 1 aromatic heterocycles. The second-order valence-electron chi connectivity index (χ2n) is 7.35. The molecule has 0 saturated heterocycles. The third kappa shape index (κ3) is 4.98. The molecule has 3 rings (SSSR count). The van der Waals surface area contributed by atoms with Crippen molar-refractivity contribution in [2.75, 3.05) is 17.7 Å². The molecule has 1 aromatic carbocycles. The first-order valence-corrected chi connectivity index (χ1v) is 11.7. The van der Waals surface area contributed by atoms with Gasteiger partial charge in [0.2, 0.25) is 0 Å². The Morgan fingerprint density at radius 3 is 2.34 bits per heavy atom. The summed E-state index contributed by atoms with van der Waals surface area (Å²) in [5, 5.41) is 8.02. The minimum atomic E-state index is -0.281. The number of fused-ring (bicyclic) bond motifs is 1. The van der Waals surface area contributed by atoms with Crippen LogP contribution in [0, 0.1) is 0 Å². The molecule has 4 nitrogen and oxygen atoms in total. The first-order valence-electron chi connectivity index (χ1n) is 10.5. The van der Waals surface area contributed by atoms with Gasteiger partial charge in [-0.3, -0.25) is 0 Å². The van der Waals surface area contributed by atoms with Gasteiger partial charge in [-0.15, -0.1) is 11.3 Å². The van der Waals surface area contributed by atoms with E-state index < -0.39 is 0 Å². The fourth-order valence-electron chi connectivity index (χ4n) is 3.98. The zero-order valence-electron chi connectivity index (χ0n) is 17.5. The van der Waals surface area contributed by atoms with Crippen LogP contribution in [0.25, 0.3) is 0 Å². The number of carbonyl (C=O) groups is 1. The summed E-state index contributed by atoms with van der Waals surface area (Å²) in [5.74, 6) is -0.281. The zero-order chi connectivity index (χ0) is 20.8. The van der Waals surface area contributed by atoms with Crippen LogP contribution >= 0.6 is 23.6 Å². The van der Waals surface area contributed by atoms with Crippen molar-refractivity contribution < 1.29 is 9.53 Å². The topological polar surface area (TPSA) is 50.4 Å². The van der Waals surface area contributed by atoms with Crippen LogP contribution in [0.1, 0.15) is 71.5 Å². The van der Waals surface area contributed by atoms with Gasteiger partial charge in [0, 0.05) is 10.6 Å². The molecule has 6 heteroatoms. The summed E-state index contributed by atoms with van der Waals surface area (Å²) in [5.41, 5.74) is 5.36. The maximum absolute atomic E-state index is 12.6. The smallest absolute Gasteiger partial charge is 0.341 e. The number of thiophene rings is 1. The number of benzene rings is 1. The third-order valence-corrected chi connectivity index (χ3v) is 6.94. The van der Waals surface area contributed by atoms with Crippen molar-refractivity contribution in [2.24, 2.45) is 0 Å². The average molecular weight is 431 g/mol. The molecule has 0 amide bonds. The van der Waals surface area contributed by atoms with E-state index in [1.165, 1.54) is 42.4 Å². The lowest BCUT2D eigenvalue weighted by Crippen LogP contribution is -2.22. The number of esters is 1. The number of hydrogen-bond acceptors (Lipinski definition) is 4. The lowest BCUT2D eigenvalue weighted by Gasteiger charge is -2.17. The van der Waals surface area contributed by atoms with Crippen molar-refractivity contribution in [3.05, 3.63) is 45.3 Å². The summed E-state index contributed by atoms with van der Waals surface area (Å²) in [6.45, 7) is 4.29. The Balaban J connectivity index is 1.89. The van der Waals surface area contributed by atoms with E-state index in [9.17, 15) is 4.79 Å². The second kappa shape index (κ2) is 10.2. The van der Waals surface area contributed by atoms with Crippen LogP contribution in [0.2, 0.25) is 0 Å². The van der Waals surface area contributed by atoms with Crippen molar-refractivity contribution in [3.63, 3.8) is 0 Å². The van der Waals surface area contributed by atoms with Crippen molar-refractivity contribution in [1.29, 1.82) is 0 Å². The van der Waals surface area contributed by atoms with Gasteiger partial charge in [0.15, 0.2) is 5.11 Å². The first kappa shape index (κ1) is 21.8. The van der Waals surface area contributed by atoms with Crippen LogP contribution in [0.15, 0.2) is 18.2 Å². The average Bonchev–Trinajstić information content (AvgIpc) is 3.03. The van der Waals surface area contributed by atoms with E-state index in [2.05, 4.69) is 42.7 Å². The van der Waals surface area contributed by atoms with Crippen molar-refractivity contribution in [1.82, 2.24) is 0 Å². The van der Waals surface area contributed by atoms with E-state index in [0.717, 1.165) is 48.4 Å². The molecule has 29 heavy (non-hydrogen) atoms. The number of methoxy groups -OCH3 is 1. The van der Waals surface area contributed by atoms with Gasteiger partial charge >= 0.3 is 5.97 Å². The lowest BCUT2D eigenvalue weighted by molar-refractivity contribution is 0.0601. The Hall–Kier alpha value is -1.92. The Morgan fingerprint density at radius 2 is 1.72 bits per heavy atom. The number of nitrogens with one attached hydrogen (secondary N) is 2. The van der Waals surface area contributed by atoms with Gasteiger partial charge < -0.3 is 15.4 Å². The van der Waals surface area contributed by atoms with Crippen LogP contribution < -0.4 is 10.6 Å². The van der Waals surface area contributed by atoms with Crippen LogP contribution in [-0.4, -0.2) is 18.2 Å². The number of carbonyl (C=O) groups excluding carboxylic acids is 1. The fraction of sp³-hybridized carbons (Fsp3) is 0.478. The van der Waals surface area contributed by atoms with Crippen molar-refractivity contribution in [3.8, 4) is 0 Å². The van der Waals surface area contributed by atoms with E-state index >= 15 is 0 Å². The van der Waals surface area contributed by atoms with E-state index in [0.29, 0.717) is 10.7 Å². The summed E-state index contributed by atoms with van der Waals surface area (Å²) in [6, 6.07) is 6.34. The first-order chi connectivity index (χ1) is 14.1. The molecule has 156 valence electrons. The van der Waals surface area contributed by atoms with Gasteiger partial charge in [-0.2, -0.15) is 0 Å². The normalized spacial score (nSPS) is 13.8. The monoisotopic (exact) mass is 430 g/mol. The molecule has 1 aliphatic carbocycles. The quantitative estimate of drug-likeness (QED) is 0.441. The van der Waals surface area contributed by atoms with Crippen LogP contribution in [0.5, 0.6) is 0 Å². The van der Waals surface area contributed by atoms with Crippen molar-refractivity contribution >= 4 is 45.3 Å². The number of hydrogen-bond donors (Lipinski definition) is 2. The molecule has 0 fully saturated rings. The predicted molar refractivity (Wildman–Crippen MR) is 127 cm³/mol. The maximum atomic E-state index is 12.6. The third-order valence-electron chi connectivity index (χ3n) is 5.53. The number of rotatable bonds is 5. The minimum absolute atomic E-state index is 0.281. The highest BCUT2D eigenvalue weighted by atomic mass is 32.1. The molecule has 0 radical (unpaired) electrons. The molecular formula is C23H30N2O2S2. The minimum Gasteiger partial charge on any atom is -0.465 e. The van der Waals surface area contributed by atoms with E-state index in [1.807, 2.05) is 0 Å². The second-order valence-corrected chi connectivity index (χ2v) is 8.86. The van der Waals surface area contributed by atoms with Crippen LogP contribution in [0.4, 0.5) is 10.7 Å². The molecule has 0 spiro atoms. The Kier molecular flexibility index (Phi) is 7.67. The number of aryl methyl sites for hydroxylation is 3. The van der Waals surface area contributed by atoms with E-state index in [4.69, 9.17) is 17.0 Å². The number of ether oxygens (including phenoxy) is 1. The Morgan fingerprint density at radius 1 is 1.07 bits per heavy atom. The molecule has 1 aliphatic rings. The molecule has 0 saturated carbocycles. The van der Waals surface area contributed by atoms with Crippen LogP contribution in [0.3, 0.4) is 0 Å². The van der Waals surface area contributed by atoms with Gasteiger partial charge in [-0.1, -0.05) is 44.9 Å². The Bertz CT molecular complexity index is 867. The number of anilines is 2. The van der Waals surface area contributed by atoms with Crippen LogP contribution in [-0.2, 0) is 30.4 Å². The van der Waals surface area contributed by atoms with Crippen molar-refractivity contribution in [2.45, 2.75) is 65.2 Å². The lowest BCUT2D eigenvalue weighted by atomic mass is 9.96. The summed E-state index contributed by atoms with van der Waals surface area (Å²) in [4.78, 5) is 13.9. The molecule has 2 aromatic rings. The molecule has 2 N–H and O–H groups in total. The molecule has 0 aliphatic heterocycles. The van der Waals surface area contributed by atoms with Gasteiger partial charge in [0.1, 0.15) is 5.00 Å². The molecule has 1 heterocycles. The SMILES string of the molecule is CCc1cccc(CC)c1NC(=S)Nc1sc2c(c1C(=O)OC)CCCCCC2. The fourth-order valence-corrected chi connectivity index (χ4v) is 5.53. The van der Waals surface area contributed by atoms with Gasteiger partial charge in [0.05, 0.1) is 12.7 Å². The number of thiocarbonyl (C=S) groups is 1. The van der Waals surface area contributed by atoms with Gasteiger partial charge in [0.25, 0.3) is 0 Å². The highest BCUT2D eigenvalue weighted by molar-refractivity contribution is 7.80. The Labute approximate surface area is 183 Å². The van der Waals surface area contributed by atoms with Gasteiger partial charge in [-0.25, -0.2) is 4.79 Å². The zero-order valence-corrected chi connectivity index (χ0v) is 19.2. The largest absolute Gasteiger partial charge is 0.465 e. The molecule has 0 unspecified atom stereocenters. The summed E-state index contributed by atoms with van der Waals surface area (Å²) in [7, 11) is 1.45. The highest BCUT2D eigenvalue weighted by Crippen LogP contribution is 2.37. The van der Waals surface area contributed by atoms with E-state index in [-0.39, 0.29) is 5.97 Å². The molecule has 0 atom stereocenters. The summed E-state index contributed by atoms with van der Waals surface area (Å²) < 4.78 is 5.11. The maximum Gasteiger partial charge on any atom is 0.341 e. The van der Waals surface area contributed by atoms with E-state index in [1.54, 1.807) is 11.3 Å². The standard InChI is InChI=1S/C23H30N2O2S2/c1-4-15-11-10-12-16(5-2)20(15)24-23(28)25-21-19(22(26)27-3)17-13-8-6-7-9-14-18(17)29-21/h10-12H,4-9,13-14H2,1-3H3,(H2,24,25,28). The summed E-state index contributed by atoms with van der Waals surface area (Å²) in [6.07, 6.45) is 8.55. The molecule has 0 bridgehead atoms. The number of para-hydroxylation sites is 1. The summed E-state index contributed by atoms with van der Waals surface area (Å²) >= 11 is 7.29.